The van der Waals surface area contributed by atoms with Crippen molar-refractivity contribution in [2.45, 2.75) is 57.0 Å². The van der Waals surface area contributed by atoms with Crippen molar-refractivity contribution in [3.8, 4) is 5.75 Å². The molecule has 3 heteroatoms. The van der Waals surface area contributed by atoms with Gasteiger partial charge in [-0.1, -0.05) is 50.7 Å². The van der Waals surface area contributed by atoms with Crippen LogP contribution in [0.15, 0.2) is 24.3 Å². The summed E-state index contributed by atoms with van der Waals surface area (Å²) in [7, 11) is 1.67. The zero-order valence-electron chi connectivity index (χ0n) is 13.1. The maximum atomic E-state index is 10.6. The molecule has 1 saturated carbocycles. The molecule has 0 heterocycles. The number of aliphatic hydroxyl groups excluding tert-OH is 1. The van der Waals surface area contributed by atoms with E-state index in [-0.39, 0.29) is 12.0 Å². The van der Waals surface area contributed by atoms with E-state index in [9.17, 15) is 5.11 Å². The van der Waals surface area contributed by atoms with Crippen LogP contribution in [0.5, 0.6) is 5.75 Å². The molecule has 3 N–H and O–H groups in total. The summed E-state index contributed by atoms with van der Waals surface area (Å²) in [4.78, 5) is 0. The van der Waals surface area contributed by atoms with Gasteiger partial charge in [0.25, 0.3) is 0 Å². The van der Waals surface area contributed by atoms with Crippen LogP contribution in [0.4, 0.5) is 0 Å². The highest BCUT2D eigenvalue weighted by Gasteiger charge is 2.24. The second-order valence-corrected chi connectivity index (χ2v) is 6.28. The van der Waals surface area contributed by atoms with Gasteiger partial charge in [-0.15, -0.1) is 0 Å². The first-order valence-electron chi connectivity index (χ1n) is 8.26. The van der Waals surface area contributed by atoms with Crippen molar-refractivity contribution in [3.63, 3.8) is 0 Å². The molecule has 0 amide bonds. The smallest absolute Gasteiger partial charge is 0.119 e. The predicted octanol–water partition coefficient (Wildman–Crippen LogP) is 3.46. The minimum Gasteiger partial charge on any atom is -0.497 e. The van der Waals surface area contributed by atoms with Gasteiger partial charge in [0.2, 0.25) is 0 Å². The van der Waals surface area contributed by atoms with Crippen molar-refractivity contribution in [1.29, 1.82) is 0 Å². The average Bonchev–Trinajstić information content (AvgIpc) is 2.77. The van der Waals surface area contributed by atoms with Gasteiger partial charge in [0, 0.05) is 12.5 Å². The summed E-state index contributed by atoms with van der Waals surface area (Å²) in [5.74, 6) is 1.48. The molecule has 118 valence electrons. The monoisotopic (exact) mass is 291 g/mol. The molecular weight excluding hydrogens is 262 g/mol. The normalized spacial score (nSPS) is 19.8. The molecule has 2 unspecified atom stereocenters. The van der Waals surface area contributed by atoms with Gasteiger partial charge in [-0.25, -0.2) is 0 Å². The van der Waals surface area contributed by atoms with E-state index < -0.39 is 0 Å². The SMILES string of the molecule is COc1cccc(C(CN)C(O)CC2CCCCCC2)c1. The van der Waals surface area contributed by atoms with E-state index in [2.05, 4.69) is 0 Å². The Bertz CT molecular complexity index is 413. The van der Waals surface area contributed by atoms with E-state index in [0.29, 0.717) is 12.5 Å². The van der Waals surface area contributed by atoms with Crippen LogP contribution >= 0.6 is 0 Å². The quantitative estimate of drug-likeness (QED) is 0.789. The molecule has 0 spiro atoms. The molecule has 21 heavy (non-hydrogen) atoms. The van der Waals surface area contributed by atoms with Crippen molar-refractivity contribution in [1.82, 2.24) is 0 Å². The number of ether oxygens (including phenoxy) is 1. The van der Waals surface area contributed by atoms with E-state index >= 15 is 0 Å². The van der Waals surface area contributed by atoms with Gasteiger partial charge in [-0.3, -0.25) is 0 Å². The Morgan fingerprint density at radius 3 is 2.57 bits per heavy atom. The Morgan fingerprint density at radius 2 is 1.95 bits per heavy atom. The van der Waals surface area contributed by atoms with Crippen molar-refractivity contribution in [3.05, 3.63) is 29.8 Å². The molecule has 2 atom stereocenters. The molecule has 0 aromatic heterocycles. The van der Waals surface area contributed by atoms with Gasteiger partial charge in [-0.05, 0) is 30.0 Å². The Balaban J connectivity index is 2.01. The predicted molar refractivity (Wildman–Crippen MR) is 86.6 cm³/mol. The number of aliphatic hydroxyl groups is 1. The fourth-order valence-electron chi connectivity index (χ4n) is 3.49. The zero-order chi connectivity index (χ0) is 15.1. The average molecular weight is 291 g/mol. The van der Waals surface area contributed by atoms with Crippen molar-refractivity contribution in [2.75, 3.05) is 13.7 Å². The second kappa shape index (κ2) is 8.40. The van der Waals surface area contributed by atoms with Gasteiger partial charge in [-0.2, -0.15) is 0 Å². The lowest BCUT2D eigenvalue weighted by atomic mass is 9.85. The first-order chi connectivity index (χ1) is 10.2. The number of benzene rings is 1. The van der Waals surface area contributed by atoms with Crippen LogP contribution in [-0.2, 0) is 0 Å². The van der Waals surface area contributed by atoms with E-state index in [4.69, 9.17) is 10.5 Å². The van der Waals surface area contributed by atoms with Gasteiger partial charge in [0.1, 0.15) is 5.75 Å². The summed E-state index contributed by atoms with van der Waals surface area (Å²) in [6, 6.07) is 7.92. The summed E-state index contributed by atoms with van der Waals surface area (Å²) >= 11 is 0. The van der Waals surface area contributed by atoms with Crippen LogP contribution in [0.3, 0.4) is 0 Å². The molecule has 0 saturated heterocycles. The number of methoxy groups -OCH3 is 1. The van der Waals surface area contributed by atoms with Crippen molar-refractivity contribution < 1.29 is 9.84 Å². The standard InChI is InChI=1S/C18H29NO2/c1-21-16-10-6-9-15(12-16)17(13-19)18(20)11-14-7-4-2-3-5-8-14/h6,9-10,12,14,17-18,20H,2-5,7-8,11,13,19H2,1H3. The third-order valence-corrected chi connectivity index (χ3v) is 4.79. The van der Waals surface area contributed by atoms with Crippen LogP contribution in [0.1, 0.15) is 56.4 Å². The van der Waals surface area contributed by atoms with Crippen LogP contribution in [0.25, 0.3) is 0 Å². The summed E-state index contributed by atoms with van der Waals surface area (Å²) in [6.45, 7) is 0.473. The molecule has 1 fully saturated rings. The first-order valence-corrected chi connectivity index (χ1v) is 8.26. The number of rotatable bonds is 6. The molecule has 0 aliphatic heterocycles. The minimum absolute atomic E-state index is 0.00310. The highest BCUT2D eigenvalue weighted by atomic mass is 16.5. The molecule has 1 aromatic carbocycles. The molecule has 2 rings (SSSR count). The third kappa shape index (κ3) is 4.72. The Morgan fingerprint density at radius 1 is 1.24 bits per heavy atom. The number of hydrogen-bond acceptors (Lipinski definition) is 3. The highest BCUT2D eigenvalue weighted by molar-refractivity contribution is 5.31. The Hall–Kier alpha value is -1.06. The van der Waals surface area contributed by atoms with Gasteiger partial charge in [0.05, 0.1) is 13.2 Å². The van der Waals surface area contributed by atoms with E-state index in [1.54, 1.807) is 7.11 Å². The maximum absolute atomic E-state index is 10.6. The Kier molecular flexibility index (Phi) is 6.52. The molecule has 1 aliphatic rings. The molecule has 0 bridgehead atoms. The summed E-state index contributed by atoms with van der Waals surface area (Å²) in [5, 5.41) is 10.6. The fourth-order valence-corrected chi connectivity index (χ4v) is 3.49. The molecule has 1 aliphatic carbocycles. The van der Waals surface area contributed by atoms with Gasteiger partial charge < -0.3 is 15.6 Å². The van der Waals surface area contributed by atoms with Gasteiger partial charge >= 0.3 is 0 Å². The number of hydrogen-bond donors (Lipinski definition) is 2. The van der Waals surface area contributed by atoms with E-state index in [1.165, 1.54) is 38.5 Å². The van der Waals surface area contributed by atoms with Crippen LogP contribution in [0, 0.1) is 5.92 Å². The minimum atomic E-state index is -0.356. The van der Waals surface area contributed by atoms with Gasteiger partial charge in [0.15, 0.2) is 0 Å². The van der Waals surface area contributed by atoms with E-state index in [1.807, 2.05) is 24.3 Å². The molecule has 3 nitrogen and oxygen atoms in total. The lowest BCUT2D eigenvalue weighted by Crippen LogP contribution is -2.28. The first kappa shape index (κ1) is 16.3. The molecule has 1 aromatic rings. The lowest BCUT2D eigenvalue weighted by Gasteiger charge is -2.26. The zero-order valence-corrected chi connectivity index (χ0v) is 13.1. The summed E-state index contributed by atoms with van der Waals surface area (Å²) < 4.78 is 5.27. The van der Waals surface area contributed by atoms with Crippen LogP contribution in [0.2, 0.25) is 0 Å². The summed E-state index contributed by atoms with van der Waals surface area (Å²) in [5.41, 5.74) is 7.01. The third-order valence-electron chi connectivity index (χ3n) is 4.79. The maximum Gasteiger partial charge on any atom is 0.119 e. The number of nitrogens with two attached hydrogens (primary N) is 1. The van der Waals surface area contributed by atoms with Crippen LogP contribution < -0.4 is 10.5 Å². The fraction of sp³-hybridized carbons (Fsp3) is 0.667. The van der Waals surface area contributed by atoms with Crippen LogP contribution in [-0.4, -0.2) is 24.9 Å². The highest BCUT2D eigenvalue weighted by Crippen LogP contribution is 2.31. The summed E-state index contributed by atoms with van der Waals surface area (Å²) in [6.07, 6.45) is 8.35. The van der Waals surface area contributed by atoms with E-state index in [0.717, 1.165) is 17.7 Å². The largest absolute Gasteiger partial charge is 0.497 e. The lowest BCUT2D eigenvalue weighted by molar-refractivity contribution is 0.111. The molecular formula is C18H29NO2. The topological polar surface area (TPSA) is 55.5 Å². The Labute approximate surface area is 128 Å². The second-order valence-electron chi connectivity index (χ2n) is 6.28. The van der Waals surface area contributed by atoms with Crippen molar-refractivity contribution >= 4 is 0 Å². The molecule has 0 radical (unpaired) electrons. The van der Waals surface area contributed by atoms with Crippen molar-refractivity contribution in [2.24, 2.45) is 11.7 Å².